The maximum atomic E-state index is 15.3. The van der Waals surface area contributed by atoms with Crippen LogP contribution in [0.25, 0.3) is 16.8 Å². The van der Waals surface area contributed by atoms with E-state index < -0.39 is 5.95 Å². The molecule has 6 N–H and O–H groups in total. The van der Waals surface area contributed by atoms with Gasteiger partial charge in [0.1, 0.15) is 29.2 Å². The van der Waals surface area contributed by atoms with Gasteiger partial charge in [0.15, 0.2) is 0 Å². The quantitative estimate of drug-likeness (QED) is 0.0680. The summed E-state index contributed by atoms with van der Waals surface area (Å²) < 4.78 is 15.3. The molecule has 0 saturated carbocycles. The van der Waals surface area contributed by atoms with Crippen LogP contribution in [0.1, 0.15) is 42.8 Å². The molecule has 2 aromatic carbocycles. The summed E-state index contributed by atoms with van der Waals surface area (Å²) in [5, 5.41) is 4.80. The molecule has 43 heavy (non-hydrogen) atoms. The summed E-state index contributed by atoms with van der Waals surface area (Å²) in [6, 6.07) is 10.3. The van der Waals surface area contributed by atoms with Crippen molar-refractivity contribution in [3.05, 3.63) is 93.5 Å². The molecule has 226 valence electrons. The van der Waals surface area contributed by atoms with Gasteiger partial charge in [-0.25, -0.2) is 10.8 Å². The highest BCUT2D eigenvalue weighted by Gasteiger charge is 2.35. The maximum absolute atomic E-state index is 15.3. The molecule has 9 nitrogen and oxygen atoms in total. The lowest BCUT2D eigenvalue weighted by Gasteiger charge is -2.23. The van der Waals surface area contributed by atoms with E-state index in [4.69, 9.17) is 34.8 Å². The van der Waals surface area contributed by atoms with Crippen molar-refractivity contribution in [2.45, 2.75) is 32.2 Å². The lowest BCUT2D eigenvalue weighted by atomic mass is 9.98. The number of H-pyrrole nitrogens is 1. The monoisotopic (exact) mass is 625 g/mol. The second kappa shape index (κ2) is 13.9. The van der Waals surface area contributed by atoms with Gasteiger partial charge in [-0.1, -0.05) is 36.2 Å². The number of anilines is 2. The van der Waals surface area contributed by atoms with E-state index in [0.29, 0.717) is 58.8 Å². The van der Waals surface area contributed by atoms with Gasteiger partial charge in [0.2, 0.25) is 5.95 Å². The SMILES string of the molecule is CNc1ccc(-c2nc(C3C[C@@H](C)/C(=C/C(=C\C=O)c4cc(Cl)ccc4N(N)/C=C(\N)Cl)N3C)[nH]c2F)cc1CCC=O. The van der Waals surface area contributed by atoms with E-state index in [-0.39, 0.29) is 22.8 Å². The topological polar surface area (TPSA) is 133 Å². The van der Waals surface area contributed by atoms with E-state index in [1.165, 1.54) is 17.3 Å². The van der Waals surface area contributed by atoms with E-state index >= 15 is 4.39 Å². The largest absolute Gasteiger partial charge is 0.388 e. The normalized spacial score (nSPS) is 18.3. The number of nitrogens with one attached hydrogen (secondary N) is 2. The van der Waals surface area contributed by atoms with Crippen LogP contribution < -0.4 is 21.9 Å². The first-order valence-corrected chi connectivity index (χ1v) is 14.4. The number of carbonyl (C=O) groups excluding carboxylic acids is 2. The number of nitrogens with zero attached hydrogens (tertiary/aromatic N) is 3. The molecular weight excluding hydrogens is 592 g/mol. The summed E-state index contributed by atoms with van der Waals surface area (Å²) in [6.07, 6.45) is 7.78. The summed E-state index contributed by atoms with van der Waals surface area (Å²) in [6.45, 7) is 2.06. The number of benzene rings is 2. The smallest absolute Gasteiger partial charge is 0.219 e. The van der Waals surface area contributed by atoms with E-state index in [2.05, 4.69) is 22.2 Å². The molecule has 0 spiro atoms. The zero-order valence-corrected chi connectivity index (χ0v) is 25.6. The molecule has 0 amide bonds. The van der Waals surface area contributed by atoms with Gasteiger partial charge in [-0.15, -0.1) is 0 Å². The number of aromatic amines is 1. The highest BCUT2D eigenvalue weighted by atomic mass is 35.5. The molecule has 4 rings (SSSR count). The molecule has 1 fully saturated rings. The Hall–Kier alpha value is -4.12. The number of likely N-dealkylation sites (tertiary alicyclic amines) is 1. The molecule has 1 aliphatic heterocycles. The molecule has 2 atom stereocenters. The van der Waals surface area contributed by atoms with Crippen LogP contribution in [0.3, 0.4) is 0 Å². The van der Waals surface area contributed by atoms with Gasteiger partial charge in [0.25, 0.3) is 0 Å². The number of hydrazine groups is 1. The second-order valence-corrected chi connectivity index (χ2v) is 11.2. The van der Waals surface area contributed by atoms with Crippen molar-refractivity contribution in [1.29, 1.82) is 0 Å². The molecule has 0 aliphatic carbocycles. The van der Waals surface area contributed by atoms with Gasteiger partial charge in [-0.2, -0.15) is 4.39 Å². The fraction of sp³-hybridized carbons (Fsp3) is 0.258. The predicted octanol–water partition coefficient (Wildman–Crippen LogP) is 5.90. The first-order valence-electron chi connectivity index (χ1n) is 13.6. The lowest BCUT2D eigenvalue weighted by molar-refractivity contribution is -0.107. The minimum atomic E-state index is -0.535. The summed E-state index contributed by atoms with van der Waals surface area (Å²) in [5.74, 6) is 6.18. The first kappa shape index (κ1) is 31.8. The third-order valence-corrected chi connectivity index (χ3v) is 7.82. The molecule has 1 saturated heterocycles. The van der Waals surface area contributed by atoms with Crippen LogP contribution in [0.15, 0.2) is 65.6 Å². The van der Waals surface area contributed by atoms with Crippen molar-refractivity contribution in [2.75, 3.05) is 24.4 Å². The van der Waals surface area contributed by atoms with Gasteiger partial charge in [0, 0.05) is 48.1 Å². The van der Waals surface area contributed by atoms with Crippen molar-refractivity contribution in [1.82, 2.24) is 14.9 Å². The Kier molecular flexibility index (Phi) is 10.3. The van der Waals surface area contributed by atoms with Crippen LogP contribution in [0, 0.1) is 11.9 Å². The summed E-state index contributed by atoms with van der Waals surface area (Å²) >= 11 is 12.2. The average Bonchev–Trinajstić information content (AvgIpc) is 3.49. The molecule has 0 bridgehead atoms. The van der Waals surface area contributed by atoms with Gasteiger partial charge in [0.05, 0.1) is 17.9 Å². The zero-order valence-electron chi connectivity index (χ0n) is 24.1. The zero-order chi connectivity index (χ0) is 31.3. The molecule has 2 heterocycles. The second-order valence-electron chi connectivity index (χ2n) is 10.3. The molecule has 1 unspecified atom stereocenters. The van der Waals surface area contributed by atoms with Crippen LogP contribution in [0.2, 0.25) is 5.02 Å². The lowest BCUT2D eigenvalue weighted by Crippen LogP contribution is -2.26. The Balaban J connectivity index is 1.69. The number of rotatable bonds is 11. The minimum Gasteiger partial charge on any atom is -0.388 e. The third kappa shape index (κ3) is 7.10. The summed E-state index contributed by atoms with van der Waals surface area (Å²) in [7, 11) is 3.71. The van der Waals surface area contributed by atoms with Crippen LogP contribution in [0.4, 0.5) is 15.8 Å². The minimum absolute atomic E-state index is 0.0186. The molecular formula is C31H34Cl2FN7O2. The van der Waals surface area contributed by atoms with Crippen molar-refractivity contribution < 1.29 is 14.0 Å². The highest BCUT2D eigenvalue weighted by Crippen LogP contribution is 2.43. The highest BCUT2D eigenvalue weighted by molar-refractivity contribution is 6.31. The fourth-order valence-electron chi connectivity index (χ4n) is 5.42. The van der Waals surface area contributed by atoms with E-state index in [9.17, 15) is 9.59 Å². The Labute approximate surface area is 260 Å². The van der Waals surface area contributed by atoms with Crippen LogP contribution in [0.5, 0.6) is 0 Å². The number of nitrogens with two attached hydrogens (primary N) is 2. The molecule has 1 aromatic heterocycles. The number of aromatic nitrogens is 2. The van der Waals surface area contributed by atoms with Crippen molar-refractivity contribution in [3.8, 4) is 11.3 Å². The third-order valence-electron chi connectivity index (χ3n) is 7.49. The van der Waals surface area contributed by atoms with Gasteiger partial charge < -0.3 is 25.7 Å². The number of allylic oxidation sites excluding steroid dienone is 4. The number of imidazole rings is 1. The molecule has 1 aliphatic rings. The molecule has 12 heteroatoms. The number of hydrogen-bond donors (Lipinski definition) is 4. The van der Waals surface area contributed by atoms with Crippen molar-refractivity contribution in [2.24, 2.45) is 17.5 Å². The molecule has 3 aromatic rings. The van der Waals surface area contributed by atoms with Crippen LogP contribution in [-0.2, 0) is 16.0 Å². The number of aldehydes is 2. The first-order chi connectivity index (χ1) is 20.6. The number of aryl methyl sites for hydroxylation is 1. The van der Waals surface area contributed by atoms with E-state index in [1.54, 1.807) is 31.3 Å². The van der Waals surface area contributed by atoms with Gasteiger partial charge in [-0.3, -0.25) is 9.80 Å². The standard InChI is InChI=1S/C31H34Cl2FN7O2/c1-18-13-27(31-38-29(30(34)39-31)21-6-8-24(37-2)20(14-21)5-4-11-42)40(3)26(18)15-19(10-12-43)23-16-22(32)7-9-25(23)41(36)17-28(33)35/h6-12,14-18,27,37H,4-5,13,35-36H2,1-3H3,(H,38,39)/b19-10+,26-15-,28-17-/t18-,27?/m1/s1. The Bertz CT molecular complexity index is 1600. The predicted molar refractivity (Wildman–Crippen MR) is 171 cm³/mol. The number of halogens is 3. The van der Waals surface area contributed by atoms with Gasteiger partial charge in [-0.05, 0) is 72.4 Å². The van der Waals surface area contributed by atoms with E-state index in [1.807, 2.05) is 30.2 Å². The Morgan fingerprint density at radius 3 is 2.72 bits per heavy atom. The maximum Gasteiger partial charge on any atom is 0.219 e. The summed E-state index contributed by atoms with van der Waals surface area (Å²) in [5.41, 5.74) is 10.8. The Morgan fingerprint density at radius 2 is 2.05 bits per heavy atom. The molecule has 0 radical (unpaired) electrons. The number of hydrogen-bond acceptors (Lipinski definition) is 8. The van der Waals surface area contributed by atoms with Gasteiger partial charge >= 0.3 is 0 Å². The van der Waals surface area contributed by atoms with Crippen LogP contribution in [-0.4, -0.2) is 41.5 Å². The Morgan fingerprint density at radius 1 is 1.28 bits per heavy atom. The summed E-state index contributed by atoms with van der Waals surface area (Å²) in [4.78, 5) is 32.2. The average molecular weight is 627 g/mol. The number of carbonyl (C=O) groups is 2. The van der Waals surface area contributed by atoms with Crippen molar-refractivity contribution in [3.63, 3.8) is 0 Å². The van der Waals surface area contributed by atoms with Crippen molar-refractivity contribution >= 4 is 52.7 Å². The van der Waals surface area contributed by atoms with E-state index in [0.717, 1.165) is 23.2 Å². The fourth-order valence-corrected chi connectivity index (χ4v) is 5.70. The van der Waals surface area contributed by atoms with Crippen LogP contribution >= 0.6 is 23.2 Å².